The molecule has 1 fully saturated rings. The van der Waals surface area contributed by atoms with Gasteiger partial charge in [-0.1, -0.05) is 34.1 Å². The zero-order chi connectivity index (χ0) is 17.6. The zero-order valence-corrected chi connectivity index (χ0v) is 16.6. The first kappa shape index (κ1) is 18.3. The van der Waals surface area contributed by atoms with Crippen LogP contribution in [0, 0.1) is 0 Å². The van der Waals surface area contributed by atoms with Crippen LogP contribution in [0.5, 0.6) is 0 Å². The molecule has 0 unspecified atom stereocenters. The molecule has 1 N–H and O–H groups in total. The number of piperazine rings is 1. The Bertz CT molecular complexity index is 732. The first-order chi connectivity index (χ1) is 12.1. The second-order valence-electron chi connectivity index (χ2n) is 6.06. The lowest BCUT2D eigenvalue weighted by Gasteiger charge is -2.34. The first-order valence-corrected chi connectivity index (χ1v) is 10.3. The van der Waals surface area contributed by atoms with Crippen molar-refractivity contribution in [2.75, 3.05) is 37.8 Å². The molecular weight excluding hydrogens is 398 g/mol. The molecule has 3 rings (SSSR count). The average molecular weight is 420 g/mol. The number of hydrogen-bond acceptors (Lipinski definition) is 3. The summed E-state index contributed by atoms with van der Waals surface area (Å²) in [6.45, 7) is 4.21. The minimum Gasteiger partial charge on any atom is -0.322 e. The zero-order valence-electron chi connectivity index (χ0n) is 14.2. The van der Waals surface area contributed by atoms with Gasteiger partial charge in [-0.15, -0.1) is 11.8 Å². The van der Waals surface area contributed by atoms with Crippen LogP contribution >= 0.6 is 27.7 Å². The minimum atomic E-state index is -0.0136. The van der Waals surface area contributed by atoms with Gasteiger partial charge in [0.05, 0.1) is 0 Å². The number of carbonyl (C=O) groups is 1. The maximum atomic E-state index is 12.5. The second kappa shape index (κ2) is 8.74. The topological polar surface area (TPSA) is 35.6 Å². The van der Waals surface area contributed by atoms with Crippen LogP contribution in [0.15, 0.2) is 57.9 Å². The number of nitrogens with zero attached hydrogens (tertiary/aromatic N) is 2. The minimum absolute atomic E-state index is 0.0136. The number of rotatable bonds is 4. The fourth-order valence-corrected chi connectivity index (χ4v) is 3.81. The molecule has 1 aliphatic heterocycles. The van der Waals surface area contributed by atoms with Crippen molar-refractivity contribution in [2.24, 2.45) is 0 Å². The van der Waals surface area contributed by atoms with E-state index in [1.165, 1.54) is 5.56 Å². The molecule has 0 saturated carbocycles. The van der Waals surface area contributed by atoms with Crippen LogP contribution in [-0.2, 0) is 6.54 Å². The second-order valence-corrected chi connectivity index (χ2v) is 7.85. The number of benzene rings is 2. The van der Waals surface area contributed by atoms with Gasteiger partial charge in [0, 0.05) is 47.8 Å². The highest BCUT2D eigenvalue weighted by atomic mass is 79.9. The lowest BCUT2D eigenvalue weighted by atomic mass is 10.2. The first-order valence-electron chi connectivity index (χ1n) is 8.31. The van der Waals surface area contributed by atoms with Gasteiger partial charge in [0.1, 0.15) is 0 Å². The van der Waals surface area contributed by atoms with E-state index < -0.39 is 0 Å². The summed E-state index contributed by atoms with van der Waals surface area (Å²) >= 11 is 5.19. The van der Waals surface area contributed by atoms with Crippen molar-refractivity contribution >= 4 is 39.4 Å². The van der Waals surface area contributed by atoms with E-state index >= 15 is 0 Å². The predicted molar refractivity (Wildman–Crippen MR) is 108 cm³/mol. The third-order valence-electron chi connectivity index (χ3n) is 4.28. The Morgan fingerprint density at radius 2 is 1.88 bits per heavy atom. The van der Waals surface area contributed by atoms with Crippen LogP contribution in [0.2, 0.25) is 0 Å². The van der Waals surface area contributed by atoms with Gasteiger partial charge in [-0.3, -0.25) is 4.90 Å². The summed E-state index contributed by atoms with van der Waals surface area (Å²) in [6, 6.07) is 16.3. The van der Waals surface area contributed by atoms with Crippen molar-refractivity contribution in [1.29, 1.82) is 0 Å². The number of halogens is 1. The molecule has 1 heterocycles. The fourth-order valence-electron chi connectivity index (χ4n) is 2.91. The number of urea groups is 1. The lowest BCUT2D eigenvalue weighted by Crippen LogP contribution is -2.49. The molecule has 0 aliphatic carbocycles. The van der Waals surface area contributed by atoms with Crippen molar-refractivity contribution in [3.63, 3.8) is 0 Å². The number of hydrogen-bond donors (Lipinski definition) is 1. The number of thioether (sulfide) groups is 1. The van der Waals surface area contributed by atoms with Crippen LogP contribution in [0.3, 0.4) is 0 Å². The molecule has 0 bridgehead atoms. The van der Waals surface area contributed by atoms with Gasteiger partial charge in [-0.2, -0.15) is 0 Å². The Labute approximate surface area is 161 Å². The Hall–Kier alpha value is -1.50. The molecule has 0 aromatic heterocycles. The van der Waals surface area contributed by atoms with E-state index in [0.717, 1.165) is 47.8 Å². The van der Waals surface area contributed by atoms with Crippen molar-refractivity contribution < 1.29 is 4.79 Å². The summed E-state index contributed by atoms with van der Waals surface area (Å²) in [6.07, 6.45) is 2.03. The van der Waals surface area contributed by atoms with E-state index in [-0.39, 0.29) is 6.03 Å². The molecule has 2 aromatic carbocycles. The van der Waals surface area contributed by atoms with E-state index in [1.807, 2.05) is 41.5 Å². The molecule has 0 radical (unpaired) electrons. The summed E-state index contributed by atoms with van der Waals surface area (Å²) in [4.78, 5) is 17.9. The van der Waals surface area contributed by atoms with E-state index in [0.29, 0.717) is 0 Å². The largest absolute Gasteiger partial charge is 0.322 e. The van der Waals surface area contributed by atoms with Crippen molar-refractivity contribution in [3.05, 3.63) is 58.6 Å². The Balaban J connectivity index is 1.50. The van der Waals surface area contributed by atoms with Crippen molar-refractivity contribution in [3.8, 4) is 0 Å². The summed E-state index contributed by atoms with van der Waals surface area (Å²) in [5, 5.41) is 3.01. The lowest BCUT2D eigenvalue weighted by molar-refractivity contribution is 0.143. The molecule has 6 heteroatoms. The summed E-state index contributed by atoms with van der Waals surface area (Å²) < 4.78 is 1.11. The van der Waals surface area contributed by atoms with E-state index in [1.54, 1.807) is 11.8 Å². The predicted octanol–water partition coefficient (Wildman–Crippen LogP) is 4.52. The highest BCUT2D eigenvalue weighted by Crippen LogP contribution is 2.20. The van der Waals surface area contributed by atoms with Gasteiger partial charge in [0.25, 0.3) is 0 Å². The van der Waals surface area contributed by atoms with Crippen LogP contribution in [0.1, 0.15) is 5.56 Å². The molecule has 25 heavy (non-hydrogen) atoms. The van der Waals surface area contributed by atoms with E-state index in [4.69, 9.17) is 0 Å². The molecule has 1 aliphatic rings. The number of amides is 2. The SMILES string of the molecule is CSc1cccc(NC(=O)N2CCN(Cc3cccc(Br)c3)CC2)c1. The van der Waals surface area contributed by atoms with Gasteiger partial charge in [0.2, 0.25) is 0 Å². The molecule has 132 valence electrons. The van der Waals surface area contributed by atoms with Crippen molar-refractivity contribution in [1.82, 2.24) is 9.80 Å². The van der Waals surface area contributed by atoms with Crippen LogP contribution in [-0.4, -0.2) is 48.3 Å². The molecule has 1 saturated heterocycles. The fraction of sp³-hybridized carbons (Fsp3) is 0.316. The van der Waals surface area contributed by atoms with Gasteiger partial charge in [0.15, 0.2) is 0 Å². The van der Waals surface area contributed by atoms with Crippen LogP contribution < -0.4 is 5.32 Å². The third kappa shape index (κ3) is 5.23. The number of anilines is 1. The molecule has 4 nitrogen and oxygen atoms in total. The van der Waals surface area contributed by atoms with Crippen molar-refractivity contribution in [2.45, 2.75) is 11.4 Å². The molecule has 2 aromatic rings. The Morgan fingerprint density at radius 1 is 1.12 bits per heavy atom. The Kier molecular flexibility index (Phi) is 6.39. The molecule has 2 amide bonds. The smallest absolute Gasteiger partial charge is 0.321 e. The standard InChI is InChI=1S/C19H22BrN3OS/c1-25-18-7-3-6-17(13-18)21-19(24)23-10-8-22(9-11-23)14-15-4-2-5-16(20)12-15/h2-7,12-13H,8-11,14H2,1H3,(H,21,24). The monoisotopic (exact) mass is 419 g/mol. The summed E-state index contributed by atoms with van der Waals surface area (Å²) in [5.74, 6) is 0. The summed E-state index contributed by atoms with van der Waals surface area (Å²) in [5.41, 5.74) is 2.15. The molecule has 0 atom stereocenters. The average Bonchev–Trinajstić information content (AvgIpc) is 2.62. The molecular formula is C19H22BrN3OS. The summed E-state index contributed by atoms with van der Waals surface area (Å²) in [7, 11) is 0. The highest BCUT2D eigenvalue weighted by Gasteiger charge is 2.21. The maximum absolute atomic E-state index is 12.5. The van der Waals surface area contributed by atoms with Crippen LogP contribution in [0.25, 0.3) is 0 Å². The Morgan fingerprint density at radius 3 is 2.60 bits per heavy atom. The molecule has 0 spiro atoms. The maximum Gasteiger partial charge on any atom is 0.321 e. The van der Waals surface area contributed by atoms with Gasteiger partial charge >= 0.3 is 6.03 Å². The quantitative estimate of drug-likeness (QED) is 0.739. The number of carbonyl (C=O) groups excluding carboxylic acids is 1. The van der Waals surface area contributed by atoms with Gasteiger partial charge < -0.3 is 10.2 Å². The van der Waals surface area contributed by atoms with Gasteiger partial charge in [-0.05, 0) is 42.2 Å². The van der Waals surface area contributed by atoms with Gasteiger partial charge in [-0.25, -0.2) is 4.79 Å². The normalized spacial score (nSPS) is 15.2. The highest BCUT2D eigenvalue weighted by molar-refractivity contribution is 9.10. The van der Waals surface area contributed by atoms with E-state index in [2.05, 4.69) is 44.3 Å². The van der Waals surface area contributed by atoms with E-state index in [9.17, 15) is 4.79 Å². The third-order valence-corrected chi connectivity index (χ3v) is 5.49. The number of nitrogens with one attached hydrogen (secondary N) is 1. The van der Waals surface area contributed by atoms with Crippen LogP contribution in [0.4, 0.5) is 10.5 Å².